The van der Waals surface area contributed by atoms with Gasteiger partial charge in [0, 0.05) is 12.8 Å². The van der Waals surface area contributed by atoms with E-state index in [1.54, 1.807) is 0 Å². The molecular formula is C50H86N2O5. The van der Waals surface area contributed by atoms with Crippen LogP contribution in [0.3, 0.4) is 0 Å². The van der Waals surface area contributed by atoms with Crippen molar-refractivity contribution in [3.8, 4) is 0 Å². The van der Waals surface area contributed by atoms with Crippen molar-refractivity contribution < 1.29 is 24.2 Å². The normalized spacial score (nSPS) is 13.3. The molecule has 0 heterocycles. The van der Waals surface area contributed by atoms with Gasteiger partial charge in [0.2, 0.25) is 5.91 Å². The molecule has 7 nitrogen and oxygen atoms in total. The molecule has 326 valence electrons. The molecule has 57 heavy (non-hydrogen) atoms. The van der Waals surface area contributed by atoms with Gasteiger partial charge in [0.1, 0.15) is 12.1 Å². The lowest BCUT2D eigenvalue weighted by molar-refractivity contribution is -0.149. The van der Waals surface area contributed by atoms with E-state index in [2.05, 4.69) is 92.1 Å². The number of allylic oxidation sites excluding steroid dienone is 12. The van der Waals surface area contributed by atoms with Crippen LogP contribution in [0.5, 0.6) is 0 Å². The Balaban J connectivity index is 4.44. The number of carboxylic acid groups (broad SMARTS) is 1. The van der Waals surface area contributed by atoms with Crippen LogP contribution >= 0.6 is 0 Å². The van der Waals surface area contributed by atoms with Crippen molar-refractivity contribution in [3.05, 3.63) is 72.9 Å². The molecule has 0 aliphatic heterocycles. The van der Waals surface area contributed by atoms with Crippen molar-refractivity contribution in [2.24, 2.45) is 5.73 Å². The minimum absolute atomic E-state index is 0.0295. The Kier molecular flexibility index (Phi) is 41.5. The summed E-state index contributed by atoms with van der Waals surface area (Å²) in [5.41, 5.74) is 5.49. The smallest absolute Gasteiger partial charge is 0.326 e. The number of rotatable bonds is 41. The molecule has 0 aromatic rings. The SMILES string of the molecule is CC/C=C\C/C=C\C/C=C\C/C=C\C/C=C\C/C=C\CCC(=O)OC(CCCCCCCCCCCCCC)CCCCCCCC(=O)NC(CCCN)C(=O)O. The van der Waals surface area contributed by atoms with Gasteiger partial charge in [-0.2, -0.15) is 0 Å². The summed E-state index contributed by atoms with van der Waals surface area (Å²) in [5.74, 6) is -1.32. The van der Waals surface area contributed by atoms with Crippen molar-refractivity contribution in [1.29, 1.82) is 0 Å². The molecule has 0 saturated heterocycles. The Morgan fingerprint density at radius 3 is 1.39 bits per heavy atom. The van der Waals surface area contributed by atoms with Gasteiger partial charge in [0.05, 0.1) is 0 Å². The highest BCUT2D eigenvalue weighted by atomic mass is 16.5. The zero-order valence-corrected chi connectivity index (χ0v) is 36.7. The van der Waals surface area contributed by atoms with Gasteiger partial charge < -0.3 is 20.9 Å². The third kappa shape index (κ3) is 40.8. The Morgan fingerprint density at radius 2 is 0.947 bits per heavy atom. The molecule has 4 N–H and O–H groups in total. The summed E-state index contributed by atoms with van der Waals surface area (Å²) in [6, 6.07) is -0.864. The van der Waals surface area contributed by atoms with Crippen molar-refractivity contribution >= 4 is 17.8 Å². The third-order valence-corrected chi connectivity index (χ3v) is 10.0. The van der Waals surface area contributed by atoms with E-state index < -0.39 is 12.0 Å². The summed E-state index contributed by atoms with van der Waals surface area (Å²) in [7, 11) is 0. The van der Waals surface area contributed by atoms with Crippen molar-refractivity contribution in [2.45, 2.75) is 219 Å². The van der Waals surface area contributed by atoms with Gasteiger partial charge in [0.25, 0.3) is 0 Å². The van der Waals surface area contributed by atoms with E-state index in [-0.39, 0.29) is 18.0 Å². The molecule has 2 atom stereocenters. The number of carbonyl (C=O) groups is 3. The fourth-order valence-corrected chi connectivity index (χ4v) is 6.59. The number of carbonyl (C=O) groups excluding carboxylic acids is 2. The first kappa shape index (κ1) is 53.8. The topological polar surface area (TPSA) is 119 Å². The van der Waals surface area contributed by atoms with Gasteiger partial charge in [-0.25, -0.2) is 4.79 Å². The molecule has 0 radical (unpaired) electrons. The van der Waals surface area contributed by atoms with Gasteiger partial charge in [0.15, 0.2) is 0 Å². The molecule has 2 unspecified atom stereocenters. The first-order valence-corrected chi connectivity index (χ1v) is 23.3. The molecule has 0 aromatic carbocycles. The summed E-state index contributed by atoms with van der Waals surface area (Å²) >= 11 is 0. The number of hydrogen-bond donors (Lipinski definition) is 3. The summed E-state index contributed by atoms with van der Waals surface area (Å²) < 4.78 is 6.02. The number of hydrogen-bond acceptors (Lipinski definition) is 5. The second-order valence-electron chi connectivity index (χ2n) is 15.4. The maximum Gasteiger partial charge on any atom is 0.326 e. The van der Waals surface area contributed by atoms with Gasteiger partial charge in [-0.1, -0.05) is 177 Å². The Bertz CT molecular complexity index is 1120. The van der Waals surface area contributed by atoms with Crippen LogP contribution in [-0.4, -0.2) is 41.6 Å². The number of nitrogens with one attached hydrogen (secondary N) is 1. The van der Waals surface area contributed by atoms with Gasteiger partial charge in [-0.05, 0) is 96.4 Å². The predicted octanol–water partition coefficient (Wildman–Crippen LogP) is 13.5. The van der Waals surface area contributed by atoms with E-state index in [1.165, 1.54) is 70.6 Å². The van der Waals surface area contributed by atoms with E-state index in [0.717, 1.165) is 89.9 Å². The Morgan fingerprint density at radius 1 is 0.526 bits per heavy atom. The number of aliphatic carboxylic acids is 1. The van der Waals surface area contributed by atoms with E-state index in [4.69, 9.17) is 10.5 Å². The molecular weight excluding hydrogens is 709 g/mol. The number of nitrogens with two attached hydrogens (primary N) is 1. The number of ether oxygens (including phenoxy) is 1. The second-order valence-corrected chi connectivity index (χ2v) is 15.4. The monoisotopic (exact) mass is 795 g/mol. The van der Waals surface area contributed by atoms with E-state index in [1.807, 2.05) is 0 Å². The lowest BCUT2D eigenvalue weighted by Gasteiger charge is -2.18. The fraction of sp³-hybridized carbons (Fsp3) is 0.700. The van der Waals surface area contributed by atoms with Crippen LogP contribution in [0.1, 0.15) is 206 Å². The maximum absolute atomic E-state index is 12.8. The van der Waals surface area contributed by atoms with Gasteiger partial charge in [-0.15, -0.1) is 0 Å². The zero-order valence-electron chi connectivity index (χ0n) is 36.7. The van der Waals surface area contributed by atoms with Crippen LogP contribution in [0.15, 0.2) is 72.9 Å². The third-order valence-electron chi connectivity index (χ3n) is 10.0. The molecule has 0 spiro atoms. The first-order chi connectivity index (χ1) is 27.9. The molecule has 0 aromatic heterocycles. The average molecular weight is 795 g/mol. The fourth-order valence-electron chi connectivity index (χ4n) is 6.59. The Labute approximate surface area is 350 Å². The summed E-state index contributed by atoms with van der Waals surface area (Å²) in [6.07, 6.45) is 56.7. The van der Waals surface area contributed by atoms with E-state index >= 15 is 0 Å². The van der Waals surface area contributed by atoms with Crippen molar-refractivity contribution in [1.82, 2.24) is 5.32 Å². The van der Waals surface area contributed by atoms with Crippen LogP contribution < -0.4 is 11.1 Å². The zero-order chi connectivity index (χ0) is 41.7. The van der Waals surface area contributed by atoms with Gasteiger partial charge in [-0.3, -0.25) is 9.59 Å². The molecule has 0 bridgehead atoms. The summed E-state index contributed by atoms with van der Waals surface area (Å²) in [4.78, 5) is 36.4. The van der Waals surface area contributed by atoms with Crippen LogP contribution in [0.25, 0.3) is 0 Å². The maximum atomic E-state index is 12.8. The molecule has 0 aliphatic carbocycles. The van der Waals surface area contributed by atoms with Gasteiger partial charge >= 0.3 is 11.9 Å². The quantitative estimate of drug-likeness (QED) is 0.0322. The predicted molar refractivity (Wildman–Crippen MR) is 243 cm³/mol. The highest BCUT2D eigenvalue weighted by Crippen LogP contribution is 2.19. The minimum atomic E-state index is -1.01. The number of unbranched alkanes of at least 4 members (excludes halogenated alkanes) is 15. The minimum Gasteiger partial charge on any atom is -0.480 e. The van der Waals surface area contributed by atoms with E-state index in [9.17, 15) is 19.5 Å². The summed E-state index contributed by atoms with van der Waals surface area (Å²) in [6.45, 7) is 4.83. The van der Waals surface area contributed by atoms with E-state index in [0.29, 0.717) is 38.6 Å². The number of carboxylic acids is 1. The van der Waals surface area contributed by atoms with Crippen LogP contribution in [0, 0.1) is 0 Å². The molecule has 7 heteroatoms. The molecule has 0 rings (SSSR count). The lowest BCUT2D eigenvalue weighted by atomic mass is 10.0. The molecule has 1 amide bonds. The van der Waals surface area contributed by atoms with Crippen LogP contribution in [0.4, 0.5) is 0 Å². The standard InChI is InChI=1S/C50H86N2O5/c1-3-5-7-9-11-13-15-17-18-19-20-21-22-23-25-27-29-34-38-44-49(54)57-46(40-35-31-28-26-24-16-14-12-10-8-6-4-2)41-36-32-30-33-37-43-48(53)52-47(50(55)56)42-39-45-51/h5,7,11,13,17-18,20-21,23,25,29,34,46-47H,3-4,6,8-10,12,14-16,19,22,24,26-28,30-33,35-45,51H2,1-2H3,(H,52,53)(H,55,56)/b7-5-,13-11-,18-17-,21-20-,25-23-,34-29-. The van der Waals surface area contributed by atoms with Crippen molar-refractivity contribution in [3.63, 3.8) is 0 Å². The molecule has 0 saturated carbocycles. The molecule has 0 aliphatic rings. The highest BCUT2D eigenvalue weighted by molar-refractivity contribution is 5.83. The van der Waals surface area contributed by atoms with Crippen LogP contribution in [0.2, 0.25) is 0 Å². The molecule has 0 fully saturated rings. The number of amides is 1. The van der Waals surface area contributed by atoms with Crippen LogP contribution in [-0.2, 0) is 19.1 Å². The highest BCUT2D eigenvalue weighted by Gasteiger charge is 2.19. The largest absolute Gasteiger partial charge is 0.480 e. The lowest BCUT2D eigenvalue weighted by Crippen LogP contribution is -2.40. The van der Waals surface area contributed by atoms with Crippen molar-refractivity contribution in [2.75, 3.05) is 6.54 Å². The first-order valence-electron chi connectivity index (χ1n) is 23.3. The Hall–Kier alpha value is -3.19. The average Bonchev–Trinajstić information content (AvgIpc) is 3.20. The number of esters is 1. The summed E-state index contributed by atoms with van der Waals surface area (Å²) in [5, 5.41) is 11.9. The second kappa shape index (κ2) is 43.9.